The molecule has 108 valence electrons. The number of rotatable bonds is 5. The van der Waals surface area contributed by atoms with Crippen molar-refractivity contribution in [3.63, 3.8) is 0 Å². The number of hydrogen-bond acceptors (Lipinski definition) is 4. The SMILES string of the molecule is C=C(CC)C(=O)O.C=C(CC)C(=O)[O-].C=CC(=O)O.[Na+]. The van der Waals surface area contributed by atoms with Crippen LogP contribution in [0.4, 0.5) is 0 Å². The molecule has 0 aromatic heterocycles. The predicted octanol–water partition coefficient (Wildman–Crippen LogP) is -2.00. The second-order valence-electron chi connectivity index (χ2n) is 3.05. The first kappa shape index (κ1) is 27.1. The number of carbonyl (C=O) groups excluding carboxylic acids is 1. The molecule has 0 spiro atoms. The molecular formula is C13H19NaO6. The minimum absolute atomic E-state index is 0. The van der Waals surface area contributed by atoms with E-state index < -0.39 is 17.9 Å². The number of carboxylic acid groups (broad SMARTS) is 3. The van der Waals surface area contributed by atoms with Crippen molar-refractivity contribution in [3.8, 4) is 0 Å². The number of carboxylic acids is 3. The van der Waals surface area contributed by atoms with Crippen molar-refractivity contribution in [3.05, 3.63) is 37.0 Å². The second kappa shape index (κ2) is 17.6. The molecule has 0 amide bonds. The van der Waals surface area contributed by atoms with Crippen molar-refractivity contribution in [2.75, 3.05) is 0 Å². The van der Waals surface area contributed by atoms with E-state index in [4.69, 9.17) is 10.2 Å². The van der Waals surface area contributed by atoms with Crippen molar-refractivity contribution in [2.24, 2.45) is 0 Å². The third-order valence-corrected chi connectivity index (χ3v) is 1.62. The fourth-order valence-corrected chi connectivity index (χ4v) is 0.296. The number of carbonyl (C=O) groups is 3. The molecule has 0 aromatic carbocycles. The van der Waals surface area contributed by atoms with Crippen molar-refractivity contribution >= 4 is 17.9 Å². The molecule has 0 aromatic rings. The zero-order valence-corrected chi connectivity index (χ0v) is 14.1. The Morgan fingerprint density at radius 1 is 1.05 bits per heavy atom. The Morgan fingerprint density at radius 3 is 1.35 bits per heavy atom. The first-order chi connectivity index (χ1) is 8.63. The molecule has 0 aliphatic carbocycles. The Labute approximate surface area is 140 Å². The quantitative estimate of drug-likeness (QED) is 0.448. The van der Waals surface area contributed by atoms with E-state index in [9.17, 15) is 19.5 Å². The Kier molecular flexibility index (Phi) is 23.8. The molecule has 0 saturated carbocycles. The zero-order valence-electron chi connectivity index (χ0n) is 12.1. The molecule has 20 heavy (non-hydrogen) atoms. The topological polar surface area (TPSA) is 115 Å². The van der Waals surface area contributed by atoms with E-state index in [-0.39, 0.29) is 40.7 Å². The second-order valence-corrected chi connectivity index (χ2v) is 3.05. The van der Waals surface area contributed by atoms with Gasteiger partial charge in [-0.15, -0.1) is 0 Å². The minimum atomic E-state index is -1.15. The summed E-state index contributed by atoms with van der Waals surface area (Å²) in [6.07, 6.45) is 1.82. The van der Waals surface area contributed by atoms with Crippen LogP contribution in [0.2, 0.25) is 0 Å². The molecule has 2 N–H and O–H groups in total. The van der Waals surface area contributed by atoms with Crippen molar-refractivity contribution in [1.29, 1.82) is 0 Å². The van der Waals surface area contributed by atoms with Gasteiger partial charge in [-0.05, 0) is 18.4 Å². The van der Waals surface area contributed by atoms with Crippen molar-refractivity contribution in [1.82, 2.24) is 0 Å². The Hall–Kier alpha value is -1.37. The maximum atomic E-state index is 9.83. The van der Waals surface area contributed by atoms with E-state index in [1.165, 1.54) is 0 Å². The van der Waals surface area contributed by atoms with Gasteiger partial charge < -0.3 is 20.1 Å². The van der Waals surface area contributed by atoms with E-state index in [0.29, 0.717) is 12.8 Å². The molecule has 0 unspecified atom stereocenters. The Bertz CT molecular complexity index is 334. The summed E-state index contributed by atoms with van der Waals surface area (Å²) in [5.74, 6) is -3.03. The molecule has 0 atom stereocenters. The van der Waals surface area contributed by atoms with E-state index >= 15 is 0 Å². The molecule has 0 aliphatic heterocycles. The molecule has 0 saturated heterocycles. The summed E-state index contributed by atoms with van der Waals surface area (Å²) in [6, 6.07) is 0. The standard InChI is InChI=1S/2C5H8O2.C3H4O2.Na/c2*1-3-4(2)5(6)7;1-2-3(4)5;/h2*2-3H2,1H3,(H,6,7);2H,1H2,(H,4,5);/q;;;+1/p-1. The van der Waals surface area contributed by atoms with Gasteiger partial charge in [-0.1, -0.05) is 33.6 Å². The van der Waals surface area contributed by atoms with Gasteiger partial charge in [0.05, 0.1) is 5.97 Å². The molecule has 0 radical (unpaired) electrons. The van der Waals surface area contributed by atoms with Crippen LogP contribution < -0.4 is 34.7 Å². The van der Waals surface area contributed by atoms with Gasteiger partial charge in [-0.25, -0.2) is 9.59 Å². The molecule has 6 nitrogen and oxygen atoms in total. The van der Waals surface area contributed by atoms with Gasteiger partial charge in [0.25, 0.3) is 0 Å². The van der Waals surface area contributed by atoms with Gasteiger partial charge in [0, 0.05) is 11.6 Å². The van der Waals surface area contributed by atoms with E-state index in [2.05, 4.69) is 19.7 Å². The van der Waals surface area contributed by atoms with Crippen LogP contribution in [0, 0.1) is 0 Å². The maximum Gasteiger partial charge on any atom is 1.00 e. The molecular weight excluding hydrogens is 275 g/mol. The van der Waals surface area contributed by atoms with Crippen LogP contribution in [0.5, 0.6) is 0 Å². The predicted molar refractivity (Wildman–Crippen MR) is 69.3 cm³/mol. The Morgan fingerprint density at radius 2 is 1.35 bits per heavy atom. The normalized spacial score (nSPS) is 7.30. The van der Waals surface area contributed by atoms with Crippen LogP contribution in [0.15, 0.2) is 37.0 Å². The van der Waals surface area contributed by atoms with Crippen LogP contribution in [0.1, 0.15) is 26.7 Å². The van der Waals surface area contributed by atoms with Crippen LogP contribution >= 0.6 is 0 Å². The molecule has 0 bridgehead atoms. The first-order valence-corrected chi connectivity index (χ1v) is 5.29. The monoisotopic (exact) mass is 294 g/mol. The zero-order chi connectivity index (χ0) is 16.0. The fraction of sp³-hybridized carbons (Fsp3) is 0.308. The number of aliphatic carboxylic acids is 3. The summed E-state index contributed by atoms with van der Waals surface area (Å²) >= 11 is 0. The average Bonchev–Trinajstić information content (AvgIpc) is 2.37. The van der Waals surface area contributed by atoms with E-state index in [1.807, 2.05) is 0 Å². The van der Waals surface area contributed by atoms with Crippen molar-refractivity contribution < 1.29 is 59.3 Å². The molecule has 7 heteroatoms. The average molecular weight is 294 g/mol. The van der Waals surface area contributed by atoms with Crippen LogP contribution in [-0.2, 0) is 14.4 Å². The maximum absolute atomic E-state index is 9.83. The van der Waals surface area contributed by atoms with Crippen LogP contribution in [0.3, 0.4) is 0 Å². The summed E-state index contributed by atoms with van der Waals surface area (Å²) in [4.78, 5) is 28.8. The van der Waals surface area contributed by atoms with Crippen molar-refractivity contribution in [2.45, 2.75) is 26.7 Å². The van der Waals surface area contributed by atoms with Gasteiger partial charge in [0.1, 0.15) is 0 Å². The first-order valence-electron chi connectivity index (χ1n) is 5.29. The third-order valence-electron chi connectivity index (χ3n) is 1.62. The Balaban J connectivity index is -0.0000000952. The van der Waals surface area contributed by atoms with Gasteiger partial charge in [0.2, 0.25) is 0 Å². The number of hydrogen-bond donors (Lipinski definition) is 2. The summed E-state index contributed by atoms with van der Waals surface area (Å²) in [7, 11) is 0. The van der Waals surface area contributed by atoms with E-state index in [1.54, 1.807) is 13.8 Å². The molecule has 0 rings (SSSR count). The third kappa shape index (κ3) is 25.5. The van der Waals surface area contributed by atoms with Crippen LogP contribution in [0.25, 0.3) is 0 Å². The molecule has 0 aliphatic rings. The van der Waals surface area contributed by atoms with Gasteiger partial charge in [-0.3, -0.25) is 0 Å². The van der Waals surface area contributed by atoms with Gasteiger partial charge >= 0.3 is 41.5 Å². The van der Waals surface area contributed by atoms with E-state index in [0.717, 1.165) is 6.08 Å². The summed E-state index contributed by atoms with van der Waals surface area (Å²) in [5, 5.41) is 25.4. The molecule has 0 heterocycles. The van der Waals surface area contributed by atoms with Gasteiger partial charge in [-0.2, -0.15) is 0 Å². The van der Waals surface area contributed by atoms with Crippen LogP contribution in [-0.4, -0.2) is 28.1 Å². The smallest absolute Gasteiger partial charge is 0.545 e. The minimum Gasteiger partial charge on any atom is -0.545 e. The summed E-state index contributed by atoms with van der Waals surface area (Å²) in [5.41, 5.74) is 0.417. The summed E-state index contributed by atoms with van der Waals surface area (Å²) < 4.78 is 0. The summed E-state index contributed by atoms with van der Waals surface area (Å²) in [6.45, 7) is 12.9. The van der Waals surface area contributed by atoms with Gasteiger partial charge in [0.15, 0.2) is 0 Å². The fourth-order valence-electron chi connectivity index (χ4n) is 0.296. The largest absolute Gasteiger partial charge is 1.00 e. The molecule has 0 fully saturated rings.